The molecule has 2 rings (SSSR count). The number of ether oxygens (including phenoxy) is 1. The quantitative estimate of drug-likeness (QED) is 0.737. The van der Waals surface area contributed by atoms with Crippen LogP contribution in [0.5, 0.6) is 0 Å². The maximum atomic E-state index is 5.39. The third kappa shape index (κ3) is 2.78. The molecule has 78 valence electrons. The zero-order valence-electron chi connectivity index (χ0n) is 8.20. The summed E-state index contributed by atoms with van der Waals surface area (Å²) in [5.41, 5.74) is 0. The molecule has 5 nitrogen and oxygen atoms in total. The molecular weight excluding hydrogens is 180 g/mol. The fourth-order valence-electron chi connectivity index (χ4n) is 1.66. The van der Waals surface area contributed by atoms with Gasteiger partial charge < -0.3 is 10.1 Å². The Hall–Kier alpha value is -0.940. The smallest absolute Gasteiger partial charge is 0.138 e. The zero-order valence-corrected chi connectivity index (χ0v) is 8.20. The monoisotopic (exact) mass is 196 g/mol. The standard InChI is InChI=1S/C9H16N4O/c1-2-8(3-5-14-4-1)10-6-9-11-7-12-13-9/h7-8,10H,1-6H2,(H,11,12,13). The number of nitrogens with one attached hydrogen (secondary N) is 2. The average Bonchev–Trinajstić information content (AvgIpc) is 2.58. The Bertz CT molecular complexity index is 241. The maximum Gasteiger partial charge on any atom is 0.138 e. The largest absolute Gasteiger partial charge is 0.381 e. The average molecular weight is 196 g/mol. The second-order valence-corrected chi connectivity index (χ2v) is 3.55. The lowest BCUT2D eigenvalue weighted by Crippen LogP contribution is -2.29. The van der Waals surface area contributed by atoms with Crippen LogP contribution in [0.1, 0.15) is 25.1 Å². The van der Waals surface area contributed by atoms with Gasteiger partial charge in [0.25, 0.3) is 0 Å². The molecule has 0 radical (unpaired) electrons. The lowest BCUT2D eigenvalue weighted by molar-refractivity contribution is 0.142. The van der Waals surface area contributed by atoms with Crippen LogP contribution in [0.3, 0.4) is 0 Å². The van der Waals surface area contributed by atoms with Crippen molar-refractivity contribution in [2.24, 2.45) is 0 Å². The molecule has 1 unspecified atom stereocenters. The summed E-state index contributed by atoms with van der Waals surface area (Å²) in [5.74, 6) is 0.898. The molecule has 1 saturated heterocycles. The van der Waals surface area contributed by atoms with Crippen molar-refractivity contribution in [3.63, 3.8) is 0 Å². The van der Waals surface area contributed by atoms with E-state index >= 15 is 0 Å². The molecule has 2 heterocycles. The van der Waals surface area contributed by atoms with E-state index in [1.165, 1.54) is 12.7 Å². The van der Waals surface area contributed by atoms with Crippen LogP contribution in [0, 0.1) is 0 Å². The Kier molecular flexibility index (Phi) is 3.48. The summed E-state index contributed by atoms with van der Waals surface area (Å²) < 4.78 is 5.39. The number of nitrogens with zero attached hydrogens (tertiary/aromatic N) is 2. The molecule has 1 aromatic rings. The van der Waals surface area contributed by atoms with Crippen molar-refractivity contribution >= 4 is 0 Å². The van der Waals surface area contributed by atoms with E-state index in [0.29, 0.717) is 6.04 Å². The molecule has 0 saturated carbocycles. The number of hydrogen-bond acceptors (Lipinski definition) is 4. The van der Waals surface area contributed by atoms with Crippen molar-refractivity contribution in [1.29, 1.82) is 0 Å². The third-order valence-electron chi connectivity index (χ3n) is 2.48. The number of H-pyrrole nitrogens is 1. The van der Waals surface area contributed by atoms with E-state index in [1.54, 1.807) is 0 Å². The first-order valence-corrected chi connectivity index (χ1v) is 5.10. The molecule has 1 aliphatic heterocycles. The van der Waals surface area contributed by atoms with Crippen molar-refractivity contribution < 1.29 is 4.74 Å². The highest BCUT2D eigenvalue weighted by Crippen LogP contribution is 2.08. The minimum atomic E-state index is 0.558. The van der Waals surface area contributed by atoms with Crippen LogP contribution in [0.4, 0.5) is 0 Å². The Labute approximate surface area is 83.3 Å². The first-order chi connectivity index (χ1) is 6.95. The summed E-state index contributed by atoms with van der Waals surface area (Å²) in [6.45, 7) is 2.54. The van der Waals surface area contributed by atoms with Gasteiger partial charge in [-0.15, -0.1) is 0 Å². The lowest BCUT2D eigenvalue weighted by atomic mass is 10.1. The highest BCUT2D eigenvalue weighted by atomic mass is 16.5. The highest BCUT2D eigenvalue weighted by molar-refractivity contribution is 4.80. The SMILES string of the molecule is c1n[nH]c(CNC2CCCOCC2)n1. The van der Waals surface area contributed by atoms with Gasteiger partial charge in [-0.05, 0) is 19.3 Å². The van der Waals surface area contributed by atoms with Crippen molar-refractivity contribution in [3.8, 4) is 0 Å². The predicted molar refractivity (Wildman–Crippen MR) is 51.7 cm³/mol. The molecule has 1 aliphatic rings. The van der Waals surface area contributed by atoms with Gasteiger partial charge in [0.1, 0.15) is 12.2 Å². The molecule has 0 bridgehead atoms. The van der Waals surface area contributed by atoms with Gasteiger partial charge in [-0.25, -0.2) is 4.98 Å². The summed E-state index contributed by atoms with van der Waals surface area (Å²) >= 11 is 0. The molecular formula is C9H16N4O. The van der Waals surface area contributed by atoms with Gasteiger partial charge >= 0.3 is 0 Å². The van der Waals surface area contributed by atoms with Crippen molar-refractivity contribution in [1.82, 2.24) is 20.5 Å². The van der Waals surface area contributed by atoms with E-state index in [9.17, 15) is 0 Å². The van der Waals surface area contributed by atoms with Crippen LogP contribution in [0.15, 0.2) is 6.33 Å². The van der Waals surface area contributed by atoms with E-state index in [1.807, 2.05) is 0 Å². The zero-order chi connectivity index (χ0) is 9.64. The normalized spacial score (nSPS) is 23.3. The van der Waals surface area contributed by atoms with E-state index in [4.69, 9.17) is 4.74 Å². The molecule has 1 atom stereocenters. The molecule has 2 N–H and O–H groups in total. The lowest BCUT2D eigenvalue weighted by Gasteiger charge is -2.13. The summed E-state index contributed by atoms with van der Waals surface area (Å²) in [7, 11) is 0. The molecule has 0 aromatic carbocycles. The van der Waals surface area contributed by atoms with Gasteiger partial charge in [-0.1, -0.05) is 0 Å². The molecule has 1 fully saturated rings. The fraction of sp³-hybridized carbons (Fsp3) is 0.778. The summed E-state index contributed by atoms with van der Waals surface area (Å²) in [6, 6.07) is 0.558. The van der Waals surface area contributed by atoms with Crippen LogP contribution in [0.2, 0.25) is 0 Å². The van der Waals surface area contributed by atoms with E-state index in [0.717, 1.165) is 38.4 Å². The molecule has 5 heteroatoms. The summed E-state index contributed by atoms with van der Waals surface area (Å²) in [4.78, 5) is 4.06. The minimum absolute atomic E-state index is 0.558. The Balaban J connectivity index is 1.73. The van der Waals surface area contributed by atoms with Crippen LogP contribution >= 0.6 is 0 Å². The van der Waals surface area contributed by atoms with E-state index in [-0.39, 0.29) is 0 Å². The molecule has 1 aromatic heterocycles. The van der Waals surface area contributed by atoms with Crippen LogP contribution in [-0.2, 0) is 11.3 Å². The number of hydrogen-bond donors (Lipinski definition) is 2. The maximum absolute atomic E-state index is 5.39. The number of aromatic nitrogens is 3. The highest BCUT2D eigenvalue weighted by Gasteiger charge is 2.11. The van der Waals surface area contributed by atoms with E-state index in [2.05, 4.69) is 20.5 Å². The van der Waals surface area contributed by atoms with E-state index < -0.39 is 0 Å². The Morgan fingerprint density at radius 3 is 3.36 bits per heavy atom. The molecule has 14 heavy (non-hydrogen) atoms. The topological polar surface area (TPSA) is 62.8 Å². The first kappa shape index (κ1) is 9.61. The minimum Gasteiger partial charge on any atom is -0.381 e. The van der Waals surface area contributed by atoms with Crippen molar-refractivity contribution in [3.05, 3.63) is 12.2 Å². The molecule has 0 aliphatic carbocycles. The second kappa shape index (κ2) is 5.07. The van der Waals surface area contributed by atoms with Crippen LogP contribution in [-0.4, -0.2) is 34.4 Å². The van der Waals surface area contributed by atoms with Gasteiger partial charge in [-0.3, -0.25) is 5.10 Å². The van der Waals surface area contributed by atoms with Gasteiger partial charge in [0, 0.05) is 19.3 Å². The van der Waals surface area contributed by atoms with Crippen molar-refractivity contribution in [2.45, 2.75) is 31.8 Å². The van der Waals surface area contributed by atoms with Gasteiger partial charge in [0.05, 0.1) is 6.54 Å². The Morgan fingerprint density at radius 2 is 2.50 bits per heavy atom. The van der Waals surface area contributed by atoms with Crippen LogP contribution in [0.25, 0.3) is 0 Å². The second-order valence-electron chi connectivity index (χ2n) is 3.55. The summed E-state index contributed by atoms with van der Waals surface area (Å²) in [5, 5.41) is 10.1. The van der Waals surface area contributed by atoms with Crippen LogP contribution < -0.4 is 5.32 Å². The number of aromatic amines is 1. The first-order valence-electron chi connectivity index (χ1n) is 5.10. The van der Waals surface area contributed by atoms with Crippen molar-refractivity contribution in [2.75, 3.05) is 13.2 Å². The number of rotatable bonds is 3. The molecule has 0 amide bonds. The van der Waals surface area contributed by atoms with Gasteiger partial charge in [0.2, 0.25) is 0 Å². The third-order valence-corrected chi connectivity index (χ3v) is 2.48. The Morgan fingerprint density at radius 1 is 1.50 bits per heavy atom. The van der Waals surface area contributed by atoms with Gasteiger partial charge in [0.15, 0.2) is 0 Å². The van der Waals surface area contributed by atoms with Gasteiger partial charge in [-0.2, -0.15) is 5.10 Å². The predicted octanol–water partition coefficient (Wildman–Crippen LogP) is 0.463. The molecule has 0 spiro atoms. The fourth-order valence-corrected chi connectivity index (χ4v) is 1.66. The summed E-state index contributed by atoms with van der Waals surface area (Å²) in [6.07, 6.45) is 4.96.